The van der Waals surface area contributed by atoms with E-state index in [4.69, 9.17) is 27.9 Å². The molecule has 3 heterocycles. The molecule has 1 N–H and O–H groups in total. The number of aromatic nitrogens is 2. The minimum atomic E-state index is -4.75. The standard InChI is InChI=1S/C23H21Cl2F3N4O3/c1-22(2,3)35-21(34)32-16-6-4-12(24)8-13(16)14-9-31(10-17(14)32)11-19(33)29-18-7-5-15(25)20(30-18)23(26,27)28/h4-8H,9-11H2,1-3H3,(H,29,30,33). The molecular weight excluding hydrogens is 508 g/mol. The highest BCUT2D eigenvalue weighted by Gasteiger charge is 2.36. The zero-order chi connectivity index (χ0) is 25.7. The van der Waals surface area contributed by atoms with E-state index in [1.807, 2.05) is 0 Å². The average Bonchev–Trinajstić information content (AvgIpc) is 3.23. The summed E-state index contributed by atoms with van der Waals surface area (Å²) in [5.41, 5.74) is 0.132. The van der Waals surface area contributed by atoms with Crippen LogP contribution in [0.5, 0.6) is 0 Å². The Balaban J connectivity index is 1.55. The lowest BCUT2D eigenvalue weighted by Gasteiger charge is -2.21. The van der Waals surface area contributed by atoms with E-state index in [9.17, 15) is 22.8 Å². The number of hydrogen-bond acceptors (Lipinski definition) is 5. The first kappa shape index (κ1) is 25.3. The monoisotopic (exact) mass is 528 g/mol. The van der Waals surface area contributed by atoms with E-state index in [1.54, 1.807) is 43.9 Å². The van der Waals surface area contributed by atoms with Gasteiger partial charge in [-0.2, -0.15) is 13.2 Å². The fraction of sp³-hybridized carbons (Fsp3) is 0.348. The number of fused-ring (bicyclic) bond motifs is 3. The predicted octanol–water partition coefficient (Wildman–Crippen LogP) is 6.10. The number of nitrogens with one attached hydrogen (secondary N) is 1. The van der Waals surface area contributed by atoms with Crippen LogP contribution in [0.15, 0.2) is 30.3 Å². The van der Waals surface area contributed by atoms with Crippen LogP contribution < -0.4 is 5.32 Å². The number of nitrogens with zero attached hydrogens (tertiary/aromatic N) is 3. The van der Waals surface area contributed by atoms with Gasteiger partial charge in [-0.15, -0.1) is 0 Å². The van der Waals surface area contributed by atoms with Gasteiger partial charge >= 0.3 is 12.3 Å². The third-order valence-corrected chi connectivity index (χ3v) is 5.76. The molecule has 186 valence electrons. The van der Waals surface area contributed by atoms with Gasteiger partial charge < -0.3 is 10.1 Å². The lowest BCUT2D eigenvalue weighted by Crippen LogP contribution is -2.31. The number of ether oxygens (including phenoxy) is 1. The van der Waals surface area contributed by atoms with E-state index in [-0.39, 0.29) is 18.9 Å². The van der Waals surface area contributed by atoms with E-state index < -0.39 is 34.5 Å². The molecule has 0 atom stereocenters. The Labute approximate surface area is 208 Å². The Bertz CT molecular complexity index is 1330. The van der Waals surface area contributed by atoms with E-state index in [2.05, 4.69) is 10.3 Å². The number of halogens is 5. The number of rotatable bonds is 3. The van der Waals surface area contributed by atoms with Gasteiger partial charge in [-0.05, 0) is 56.7 Å². The molecule has 0 bridgehead atoms. The highest BCUT2D eigenvalue weighted by Crippen LogP contribution is 2.36. The van der Waals surface area contributed by atoms with Gasteiger partial charge in [0, 0.05) is 29.2 Å². The van der Waals surface area contributed by atoms with Crippen molar-refractivity contribution in [1.82, 2.24) is 14.5 Å². The molecule has 1 amide bonds. The van der Waals surface area contributed by atoms with Gasteiger partial charge in [0.2, 0.25) is 5.91 Å². The molecule has 2 aromatic heterocycles. The summed E-state index contributed by atoms with van der Waals surface area (Å²) in [4.78, 5) is 30.7. The van der Waals surface area contributed by atoms with Crippen molar-refractivity contribution in [2.24, 2.45) is 0 Å². The molecule has 0 aliphatic carbocycles. The molecular formula is C23H21Cl2F3N4O3. The van der Waals surface area contributed by atoms with Crippen LogP contribution in [0.4, 0.5) is 23.8 Å². The van der Waals surface area contributed by atoms with Gasteiger partial charge in [-0.1, -0.05) is 23.2 Å². The summed E-state index contributed by atoms with van der Waals surface area (Å²) >= 11 is 11.8. The lowest BCUT2D eigenvalue weighted by molar-refractivity contribution is -0.141. The zero-order valence-electron chi connectivity index (χ0n) is 19.0. The second kappa shape index (κ2) is 9.00. The van der Waals surface area contributed by atoms with Gasteiger partial charge in [0.1, 0.15) is 11.4 Å². The summed E-state index contributed by atoms with van der Waals surface area (Å²) in [5, 5.41) is 3.06. The van der Waals surface area contributed by atoms with Crippen LogP contribution in [-0.4, -0.2) is 38.6 Å². The summed E-state index contributed by atoms with van der Waals surface area (Å²) < 4.78 is 46.2. The average molecular weight is 529 g/mol. The summed E-state index contributed by atoms with van der Waals surface area (Å²) in [7, 11) is 0. The number of carbonyl (C=O) groups excluding carboxylic acids is 2. The minimum Gasteiger partial charge on any atom is -0.443 e. The maximum Gasteiger partial charge on any atom is 0.434 e. The molecule has 1 aromatic carbocycles. The van der Waals surface area contributed by atoms with Crippen molar-refractivity contribution >= 4 is 51.9 Å². The molecule has 7 nitrogen and oxygen atoms in total. The first-order chi connectivity index (χ1) is 16.2. The van der Waals surface area contributed by atoms with Gasteiger partial charge in [0.25, 0.3) is 0 Å². The number of hydrogen-bond donors (Lipinski definition) is 1. The highest BCUT2D eigenvalue weighted by molar-refractivity contribution is 6.31. The molecule has 4 rings (SSSR count). The Kier molecular flexibility index (Phi) is 6.50. The van der Waals surface area contributed by atoms with Crippen LogP contribution in [0.1, 0.15) is 37.7 Å². The van der Waals surface area contributed by atoms with Crippen LogP contribution >= 0.6 is 23.2 Å². The fourth-order valence-corrected chi connectivity index (χ4v) is 4.32. The molecule has 12 heteroatoms. The Hall–Kier alpha value is -2.82. The number of pyridine rings is 1. The smallest absolute Gasteiger partial charge is 0.434 e. The molecule has 0 saturated carbocycles. The van der Waals surface area contributed by atoms with Crippen molar-refractivity contribution in [1.29, 1.82) is 0 Å². The van der Waals surface area contributed by atoms with Gasteiger partial charge in [0.15, 0.2) is 5.69 Å². The van der Waals surface area contributed by atoms with Gasteiger partial charge in [0.05, 0.1) is 17.1 Å². The summed E-state index contributed by atoms with van der Waals surface area (Å²) in [5.74, 6) is -0.830. The quantitative estimate of drug-likeness (QED) is 0.444. The number of anilines is 1. The molecule has 0 unspecified atom stereocenters. The van der Waals surface area contributed by atoms with Gasteiger partial charge in [-0.3, -0.25) is 9.69 Å². The van der Waals surface area contributed by atoms with Crippen molar-refractivity contribution < 1.29 is 27.5 Å². The van der Waals surface area contributed by atoms with Crippen molar-refractivity contribution in [2.45, 2.75) is 45.6 Å². The van der Waals surface area contributed by atoms with Crippen molar-refractivity contribution in [3.05, 3.63) is 57.3 Å². The fourth-order valence-electron chi connectivity index (χ4n) is 3.94. The van der Waals surface area contributed by atoms with Crippen LogP contribution in [-0.2, 0) is 28.8 Å². The van der Waals surface area contributed by atoms with Crippen molar-refractivity contribution in [3.8, 4) is 0 Å². The van der Waals surface area contributed by atoms with E-state index in [0.717, 1.165) is 17.0 Å². The molecule has 1 aliphatic rings. The second-order valence-electron chi connectivity index (χ2n) is 9.12. The van der Waals surface area contributed by atoms with Crippen LogP contribution in [0.2, 0.25) is 10.0 Å². The molecule has 1 aliphatic heterocycles. The van der Waals surface area contributed by atoms with E-state index in [1.165, 1.54) is 10.6 Å². The summed E-state index contributed by atoms with van der Waals surface area (Å²) in [6.07, 6.45) is -5.31. The van der Waals surface area contributed by atoms with Crippen molar-refractivity contribution in [2.75, 3.05) is 11.9 Å². The third kappa shape index (κ3) is 5.39. The van der Waals surface area contributed by atoms with Crippen molar-refractivity contribution in [3.63, 3.8) is 0 Å². The molecule has 0 radical (unpaired) electrons. The number of benzene rings is 1. The largest absolute Gasteiger partial charge is 0.443 e. The molecule has 35 heavy (non-hydrogen) atoms. The summed E-state index contributed by atoms with van der Waals surface area (Å²) in [6, 6.07) is 7.38. The first-order valence-corrected chi connectivity index (χ1v) is 11.3. The first-order valence-electron chi connectivity index (χ1n) is 10.5. The van der Waals surface area contributed by atoms with Crippen LogP contribution in [0.3, 0.4) is 0 Å². The van der Waals surface area contributed by atoms with Crippen LogP contribution in [0.25, 0.3) is 10.9 Å². The minimum absolute atomic E-state index is 0.142. The maximum absolute atomic E-state index is 13.1. The number of carbonyl (C=O) groups is 2. The third-order valence-electron chi connectivity index (χ3n) is 5.22. The molecule has 3 aromatic rings. The zero-order valence-corrected chi connectivity index (χ0v) is 20.5. The summed E-state index contributed by atoms with van der Waals surface area (Å²) in [6.45, 7) is 5.72. The molecule has 0 spiro atoms. The Morgan fingerprint density at radius 1 is 1.11 bits per heavy atom. The topological polar surface area (TPSA) is 76.5 Å². The predicted molar refractivity (Wildman–Crippen MR) is 126 cm³/mol. The number of alkyl halides is 3. The van der Waals surface area contributed by atoms with Gasteiger partial charge in [-0.25, -0.2) is 14.3 Å². The normalized spacial score (nSPS) is 14.3. The lowest BCUT2D eigenvalue weighted by atomic mass is 10.1. The molecule has 0 fully saturated rings. The van der Waals surface area contributed by atoms with E-state index >= 15 is 0 Å². The SMILES string of the molecule is CC(C)(C)OC(=O)n1c2c(c3cc(Cl)ccc31)CN(CC(=O)Nc1ccc(Cl)c(C(F)(F)F)n1)C2. The highest BCUT2D eigenvalue weighted by atomic mass is 35.5. The maximum atomic E-state index is 13.1. The number of amides is 1. The Morgan fingerprint density at radius 2 is 1.83 bits per heavy atom. The van der Waals surface area contributed by atoms with Crippen LogP contribution in [0, 0.1) is 0 Å². The Morgan fingerprint density at radius 3 is 2.49 bits per heavy atom. The van der Waals surface area contributed by atoms with E-state index in [0.29, 0.717) is 22.8 Å². The second-order valence-corrected chi connectivity index (χ2v) is 9.96. The molecule has 0 saturated heterocycles.